The second-order valence-corrected chi connectivity index (χ2v) is 5.38. The van der Waals surface area contributed by atoms with Crippen LogP contribution in [0.2, 0.25) is 10.0 Å². The summed E-state index contributed by atoms with van der Waals surface area (Å²) >= 11 is 11.9. The Hall–Kier alpha value is -2.24. The van der Waals surface area contributed by atoms with Crippen molar-refractivity contribution in [3.05, 3.63) is 52.5 Å². The highest BCUT2D eigenvalue weighted by Crippen LogP contribution is 2.26. The Bertz CT molecular complexity index is 956. The van der Waals surface area contributed by atoms with E-state index >= 15 is 0 Å². The normalized spacial score (nSPS) is 11.3. The molecule has 104 valence electrons. The molecule has 21 heavy (non-hydrogen) atoms. The van der Waals surface area contributed by atoms with Crippen molar-refractivity contribution < 1.29 is 0 Å². The molecule has 0 aliphatic rings. The van der Waals surface area contributed by atoms with E-state index in [9.17, 15) is 0 Å². The minimum Gasteiger partial charge on any atom is -0.324 e. The number of hydrogen-bond acceptors (Lipinski definition) is 3. The Balaban J connectivity index is 1.75. The van der Waals surface area contributed by atoms with E-state index in [1.807, 2.05) is 34.8 Å². The molecule has 0 aliphatic carbocycles. The van der Waals surface area contributed by atoms with E-state index in [2.05, 4.69) is 20.4 Å². The van der Waals surface area contributed by atoms with Gasteiger partial charge in [-0.1, -0.05) is 35.3 Å². The number of nitrogens with one attached hydrogen (secondary N) is 2. The Kier molecular flexibility index (Phi) is 2.77. The molecule has 2 aromatic carbocycles. The molecular weight excluding hydrogens is 309 g/mol. The first kappa shape index (κ1) is 12.5. The van der Waals surface area contributed by atoms with Crippen LogP contribution in [0.25, 0.3) is 16.8 Å². The molecule has 0 saturated heterocycles. The van der Waals surface area contributed by atoms with E-state index < -0.39 is 0 Å². The highest BCUT2D eigenvalue weighted by molar-refractivity contribution is 6.42. The number of rotatable bonds is 2. The minimum absolute atomic E-state index is 0.489. The van der Waals surface area contributed by atoms with Gasteiger partial charge in [-0.2, -0.15) is 4.98 Å². The molecule has 0 aliphatic heterocycles. The maximum absolute atomic E-state index is 6.00. The topological polar surface area (TPSA) is 58.0 Å². The second-order valence-electron chi connectivity index (χ2n) is 4.56. The number of aromatic nitrogens is 4. The van der Waals surface area contributed by atoms with Crippen LogP contribution < -0.4 is 5.32 Å². The van der Waals surface area contributed by atoms with Crippen LogP contribution in [0, 0.1) is 0 Å². The third kappa shape index (κ3) is 2.11. The van der Waals surface area contributed by atoms with Crippen LogP contribution in [-0.2, 0) is 0 Å². The number of anilines is 2. The van der Waals surface area contributed by atoms with Crippen LogP contribution >= 0.6 is 23.2 Å². The molecule has 2 heterocycles. The van der Waals surface area contributed by atoms with Crippen molar-refractivity contribution in [2.75, 3.05) is 5.32 Å². The summed E-state index contributed by atoms with van der Waals surface area (Å²) in [4.78, 5) is 8.85. The summed E-state index contributed by atoms with van der Waals surface area (Å²) in [5.74, 6) is 1.19. The fourth-order valence-corrected chi connectivity index (χ4v) is 2.49. The van der Waals surface area contributed by atoms with Gasteiger partial charge in [0.1, 0.15) is 0 Å². The maximum atomic E-state index is 6.00. The number of para-hydroxylation sites is 2. The standard InChI is InChI=1S/C14H9Cl2N5/c15-9-6-5-8(7-10(9)16)17-13-19-14-18-11-3-1-2-4-12(11)21(14)20-13/h1-7H,(H2,17,18,19,20). The molecule has 4 aromatic rings. The van der Waals surface area contributed by atoms with Crippen molar-refractivity contribution >= 4 is 51.6 Å². The van der Waals surface area contributed by atoms with Gasteiger partial charge < -0.3 is 5.32 Å². The first-order valence-electron chi connectivity index (χ1n) is 6.26. The number of nitrogens with zero attached hydrogens (tertiary/aromatic N) is 3. The average molecular weight is 318 g/mol. The summed E-state index contributed by atoms with van der Waals surface area (Å²) in [6.45, 7) is 0. The molecule has 4 rings (SSSR count). The van der Waals surface area contributed by atoms with Gasteiger partial charge in [0.15, 0.2) is 0 Å². The largest absolute Gasteiger partial charge is 0.324 e. The number of benzene rings is 2. The fraction of sp³-hybridized carbons (Fsp3) is 0. The van der Waals surface area contributed by atoms with Gasteiger partial charge in [-0.3, -0.25) is 5.10 Å². The zero-order chi connectivity index (χ0) is 14.4. The molecule has 0 spiro atoms. The van der Waals surface area contributed by atoms with Crippen LogP contribution in [0.15, 0.2) is 42.5 Å². The molecule has 5 nitrogen and oxygen atoms in total. The average Bonchev–Trinajstić information content (AvgIpc) is 3.00. The molecule has 0 saturated carbocycles. The van der Waals surface area contributed by atoms with Crippen molar-refractivity contribution in [3.63, 3.8) is 0 Å². The first-order valence-corrected chi connectivity index (χ1v) is 7.01. The van der Waals surface area contributed by atoms with Crippen molar-refractivity contribution in [2.24, 2.45) is 0 Å². The molecule has 0 atom stereocenters. The summed E-state index contributed by atoms with van der Waals surface area (Å²) in [6.07, 6.45) is 0. The highest BCUT2D eigenvalue weighted by atomic mass is 35.5. The molecule has 0 amide bonds. The zero-order valence-electron chi connectivity index (χ0n) is 10.6. The third-order valence-corrected chi connectivity index (χ3v) is 3.89. The lowest BCUT2D eigenvalue weighted by atomic mass is 10.3. The van der Waals surface area contributed by atoms with E-state index in [0.29, 0.717) is 21.8 Å². The monoisotopic (exact) mass is 317 g/mol. The molecule has 7 heteroatoms. The van der Waals surface area contributed by atoms with Crippen LogP contribution in [0.1, 0.15) is 0 Å². The lowest BCUT2D eigenvalue weighted by Crippen LogP contribution is -1.93. The molecular formula is C14H9Cl2N5. The highest BCUT2D eigenvalue weighted by Gasteiger charge is 2.09. The van der Waals surface area contributed by atoms with Gasteiger partial charge in [0.25, 0.3) is 5.78 Å². The van der Waals surface area contributed by atoms with E-state index in [0.717, 1.165) is 16.7 Å². The zero-order valence-corrected chi connectivity index (χ0v) is 12.2. The second kappa shape index (κ2) is 4.65. The fourth-order valence-electron chi connectivity index (χ4n) is 2.20. The minimum atomic E-state index is 0.489. The molecule has 0 fully saturated rings. The van der Waals surface area contributed by atoms with E-state index in [4.69, 9.17) is 23.2 Å². The first-order chi connectivity index (χ1) is 10.2. The van der Waals surface area contributed by atoms with Crippen LogP contribution in [-0.4, -0.2) is 19.6 Å². The number of H-pyrrole nitrogens is 1. The predicted molar refractivity (Wildman–Crippen MR) is 84.6 cm³/mol. The third-order valence-electron chi connectivity index (χ3n) is 3.15. The molecule has 0 radical (unpaired) electrons. The van der Waals surface area contributed by atoms with Crippen LogP contribution in [0.4, 0.5) is 11.6 Å². The van der Waals surface area contributed by atoms with Crippen LogP contribution in [0.5, 0.6) is 0 Å². The number of aromatic amines is 1. The summed E-state index contributed by atoms with van der Waals surface area (Å²) in [7, 11) is 0. The van der Waals surface area contributed by atoms with Crippen LogP contribution in [0.3, 0.4) is 0 Å². The lowest BCUT2D eigenvalue weighted by molar-refractivity contribution is 1.01. The Morgan fingerprint density at radius 3 is 2.71 bits per heavy atom. The van der Waals surface area contributed by atoms with Gasteiger partial charge in [-0.05, 0) is 30.3 Å². The molecule has 2 N–H and O–H groups in total. The summed E-state index contributed by atoms with van der Waals surface area (Å²) in [6, 6.07) is 13.1. The predicted octanol–water partition coefficient (Wildman–Crippen LogP) is 4.26. The summed E-state index contributed by atoms with van der Waals surface area (Å²) in [5.41, 5.74) is 2.67. The van der Waals surface area contributed by atoms with Gasteiger partial charge in [0, 0.05) is 5.69 Å². The lowest BCUT2D eigenvalue weighted by Gasteiger charge is -2.03. The summed E-state index contributed by atoms with van der Waals surface area (Å²) < 4.78 is 1.83. The van der Waals surface area contributed by atoms with E-state index in [-0.39, 0.29) is 0 Å². The Morgan fingerprint density at radius 2 is 1.86 bits per heavy atom. The van der Waals surface area contributed by atoms with Crippen molar-refractivity contribution in [3.8, 4) is 0 Å². The van der Waals surface area contributed by atoms with E-state index in [1.165, 1.54) is 0 Å². The van der Waals surface area contributed by atoms with Gasteiger partial charge >= 0.3 is 0 Å². The molecule has 2 aromatic heterocycles. The maximum Gasteiger partial charge on any atom is 0.253 e. The number of hydrogen-bond donors (Lipinski definition) is 2. The Morgan fingerprint density at radius 1 is 1.00 bits per heavy atom. The summed E-state index contributed by atoms with van der Waals surface area (Å²) in [5, 5.41) is 7.30. The number of fused-ring (bicyclic) bond motifs is 3. The van der Waals surface area contributed by atoms with Crippen molar-refractivity contribution in [1.82, 2.24) is 19.6 Å². The van der Waals surface area contributed by atoms with E-state index in [1.54, 1.807) is 12.1 Å². The van der Waals surface area contributed by atoms with Crippen molar-refractivity contribution in [2.45, 2.75) is 0 Å². The SMILES string of the molecule is Clc1ccc(Nc2nc3nc4ccccc4n3[nH]2)cc1Cl. The van der Waals surface area contributed by atoms with Gasteiger partial charge in [0.05, 0.1) is 21.1 Å². The smallest absolute Gasteiger partial charge is 0.253 e. The number of imidazole rings is 1. The quantitative estimate of drug-likeness (QED) is 0.580. The van der Waals surface area contributed by atoms with Crippen molar-refractivity contribution in [1.29, 1.82) is 0 Å². The van der Waals surface area contributed by atoms with Gasteiger partial charge in [0.2, 0.25) is 5.95 Å². The molecule has 0 bridgehead atoms. The molecule has 0 unspecified atom stereocenters. The van der Waals surface area contributed by atoms with Gasteiger partial charge in [-0.15, -0.1) is 0 Å². The van der Waals surface area contributed by atoms with Gasteiger partial charge in [-0.25, -0.2) is 9.50 Å². The Labute approximate surface area is 129 Å². The number of halogens is 2.